The lowest BCUT2D eigenvalue weighted by Gasteiger charge is -2.19. The molecule has 1 nitrogen and oxygen atoms in total. The van der Waals surface area contributed by atoms with E-state index in [1.165, 1.54) is 46.3 Å². The van der Waals surface area contributed by atoms with Crippen molar-refractivity contribution in [1.29, 1.82) is 0 Å². The van der Waals surface area contributed by atoms with Crippen molar-refractivity contribution < 1.29 is 0 Å². The van der Waals surface area contributed by atoms with E-state index in [-0.39, 0.29) is 0 Å². The second-order valence-corrected chi connectivity index (χ2v) is 6.19. The van der Waals surface area contributed by atoms with Gasteiger partial charge in [0.15, 0.2) is 0 Å². The standard InChI is InChI=1S/C23H25N/c1-3-4-17-24-23-18(2)15-16-21(19-11-7-5-8-12-19)22(23)20-13-9-6-10-14-20/h5-16,24H,3-4,17H2,1-2H3. The van der Waals surface area contributed by atoms with Crippen LogP contribution in [0.15, 0.2) is 72.8 Å². The zero-order chi connectivity index (χ0) is 16.8. The third kappa shape index (κ3) is 3.51. The first kappa shape index (κ1) is 16.3. The van der Waals surface area contributed by atoms with Crippen molar-refractivity contribution in [2.75, 3.05) is 11.9 Å². The van der Waals surface area contributed by atoms with Crippen LogP contribution in [0.5, 0.6) is 0 Å². The van der Waals surface area contributed by atoms with E-state index in [4.69, 9.17) is 0 Å². The summed E-state index contributed by atoms with van der Waals surface area (Å²) in [4.78, 5) is 0. The van der Waals surface area contributed by atoms with Crippen LogP contribution in [-0.2, 0) is 0 Å². The first-order chi connectivity index (χ1) is 11.8. The number of hydrogen-bond acceptors (Lipinski definition) is 1. The summed E-state index contributed by atoms with van der Waals surface area (Å²) < 4.78 is 0. The van der Waals surface area contributed by atoms with Crippen molar-refractivity contribution in [3.8, 4) is 22.3 Å². The third-order valence-electron chi connectivity index (χ3n) is 4.39. The molecule has 122 valence electrons. The van der Waals surface area contributed by atoms with Gasteiger partial charge >= 0.3 is 0 Å². The monoisotopic (exact) mass is 315 g/mol. The van der Waals surface area contributed by atoms with Crippen LogP contribution >= 0.6 is 0 Å². The van der Waals surface area contributed by atoms with Crippen LogP contribution in [0.3, 0.4) is 0 Å². The Morgan fingerprint density at radius 3 is 2.00 bits per heavy atom. The lowest BCUT2D eigenvalue weighted by atomic mass is 9.91. The Hall–Kier alpha value is -2.54. The first-order valence-electron chi connectivity index (χ1n) is 8.79. The molecule has 3 aromatic rings. The maximum atomic E-state index is 3.69. The van der Waals surface area contributed by atoms with Crippen LogP contribution in [0.25, 0.3) is 22.3 Å². The van der Waals surface area contributed by atoms with E-state index in [9.17, 15) is 0 Å². The highest BCUT2D eigenvalue weighted by atomic mass is 14.9. The van der Waals surface area contributed by atoms with Crippen molar-refractivity contribution in [3.05, 3.63) is 78.4 Å². The summed E-state index contributed by atoms with van der Waals surface area (Å²) in [5.41, 5.74) is 7.67. The summed E-state index contributed by atoms with van der Waals surface area (Å²) >= 11 is 0. The molecule has 0 aliphatic heterocycles. The van der Waals surface area contributed by atoms with E-state index in [0.29, 0.717) is 0 Å². The van der Waals surface area contributed by atoms with Gasteiger partial charge < -0.3 is 5.32 Å². The van der Waals surface area contributed by atoms with Crippen LogP contribution in [0, 0.1) is 6.92 Å². The Bertz CT molecular complexity index is 776. The molecule has 1 N–H and O–H groups in total. The van der Waals surface area contributed by atoms with Crippen LogP contribution in [0.1, 0.15) is 25.3 Å². The molecule has 0 saturated heterocycles. The molecule has 0 saturated carbocycles. The fourth-order valence-corrected chi connectivity index (χ4v) is 3.09. The molecule has 0 spiro atoms. The number of hydrogen-bond donors (Lipinski definition) is 1. The highest BCUT2D eigenvalue weighted by Gasteiger charge is 2.14. The number of aryl methyl sites for hydroxylation is 1. The van der Waals surface area contributed by atoms with Gasteiger partial charge in [0, 0.05) is 17.8 Å². The summed E-state index contributed by atoms with van der Waals surface area (Å²) in [6, 6.07) is 25.8. The Morgan fingerprint density at radius 2 is 1.38 bits per heavy atom. The zero-order valence-electron chi connectivity index (χ0n) is 14.5. The molecule has 0 unspecified atom stereocenters. The first-order valence-corrected chi connectivity index (χ1v) is 8.79. The molecule has 0 radical (unpaired) electrons. The van der Waals surface area contributed by atoms with Gasteiger partial charge in [-0.05, 0) is 35.6 Å². The fraction of sp³-hybridized carbons (Fsp3) is 0.217. The quantitative estimate of drug-likeness (QED) is 0.509. The minimum atomic E-state index is 1.01. The minimum Gasteiger partial charge on any atom is -0.384 e. The molecule has 0 aliphatic rings. The Labute approximate surface area is 145 Å². The molecule has 3 rings (SSSR count). The number of anilines is 1. The predicted octanol–water partition coefficient (Wildman–Crippen LogP) is 6.54. The summed E-state index contributed by atoms with van der Waals surface area (Å²) in [5.74, 6) is 0. The van der Waals surface area contributed by atoms with Crippen LogP contribution in [0.2, 0.25) is 0 Å². The van der Waals surface area contributed by atoms with Gasteiger partial charge in [0.2, 0.25) is 0 Å². The van der Waals surface area contributed by atoms with Crippen molar-refractivity contribution >= 4 is 5.69 Å². The summed E-state index contributed by atoms with van der Waals surface area (Å²) in [5, 5.41) is 3.69. The topological polar surface area (TPSA) is 12.0 Å². The van der Waals surface area contributed by atoms with Gasteiger partial charge in [0.25, 0.3) is 0 Å². The molecule has 0 aromatic heterocycles. The van der Waals surface area contributed by atoms with Crippen molar-refractivity contribution in [2.45, 2.75) is 26.7 Å². The van der Waals surface area contributed by atoms with Gasteiger partial charge in [-0.3, -0.25) is 0 Å². The largest absolute Gasteiger partial charge is 0.384 e. The summed E-state index contributed by atoms with van der Waals surface area (Å²) in [6.07, 6.45) is 2.38. The Morgan fingerprint density at radius 1 is 0.750 bits per heavy atom. The highest BCUT2D eigenvalue weighted by Crippen LogP contribution is 2.39. The SMILES string of the molecule is CCCCNc1c(C)ccc(-c2ccccc2)c1-c1ccccc1. The van der Waals surface area contributed by atoms with Gasteiger partial charge in [-0.1, -0.05) is 86.1 Å². The maximum Gasteiger partial charge on any atom is 0.0455 e. The summed E-state index contributed by atoms with van der Waals surface area (Å²) in [6.45, 7) is 5.43. The average molecular weight is 315 g/mol. The third-order valence-corrected chi connectivity index (χ3v) is 4.39. The van der Waals surface area contributed by atoms with Crippen LogP contribution in [0.4, 0.5) is 5.69 Å². The molecule has 3 aromatic carbocycles. The van der Waals surface area contributed by atoms with Gasteiger partial charge in [-0.2, -0.15) is 0 Å². The van der Waals surface area contributed by atoms with Crippen molar-refractivity contribution in [3.63, 3.8) is 0 Å². The smallest absolute Gasteiger partial charge is 0.0455 e. The van der Waals surface area contributed by atoms with Gasteiger partial charge in [0.05, 0.1) is 0 Å². The molecule has 0 aliphatic carbocycles. The number of unbranched alkanes of at least 4 members (excludes halogenated alkanes) is 1. The number of benzene rings is 3. The lowest BCUT2D eigenvalue weighted by molar-refractivity contribution is 0.834. The van der Waals surface area contributed by atoms with Crippen LogP contribution in [-0.4, -0.2) is 6.54 Å². The molecule has 1 heteroatoms. The van der Waals surface area contributed by atoms with Crippen molar-refractivity contribution in [1.82, 2.24) is 0 Å². The van der Waals surface area contributed by atoms with E-state index in [0.717, 1.165) is 6.54 Å². The highest BCUT2D eigenvalue weighted by molar-refractivity contribution is 5.93. The lowest BCUT2D eigenvalue weighted by Crippen LogP contribution is -2.05. The summed E-state index contributed by atoms with van der Waals surface area (Å²) in [7, 11) is 0. The van der Waals surface area contributed by atoms with Gasteiger partial charge in [-0.15, -0.1) is 0 Å². The molecule has 0 fully saturated rings. The van der Waals surface area contributed by atoms with Crippen molar-refractivity contribution in [2.24, 2.45) is 0 Å². The zero-order valence-corrected chi connectivity index (χ0v) is 14.5. The Kier molecular flexibility index (Phi) is 5.32. The second-order valence-electron chi connectivity index (χ2n) is 6.19. The fourth-order valence-electron chi connectivity index (χ4n) is 3.09. The molecular formula is C23H25N. The second kappa shape index (κ2) is 7.83. The molecule has 0 heterocycles. The minimum absolute atomic E-state index is 1.01. The predicted molar refractivity (Wildman–Crippen MR) is 105 cm³/mol. The van der Waals surface area contributed by atoms with Gasteiger partial charge in [0.1, 0.15) is 0 Å². The van der Waals surface area contributed by atoms with E-state index in [1.807, 2.05) is 0 Å². The number of nitrogens with one attached hydrogen (secondary N) is 1. The van der Waals surface area contributed by atoms with E-state index in [1.54, 1.807) is 0 Å². The molecular weight excluding hydrogens is 290 g/mol. The van der Waals surface area contributed by atoms with Crippen LogP contribution < -0.4 is 5.32 Å². The number of rotatable bonds is 6. The molecule has 0 atom stereocenters. The van der Waals surface area contributed by atoms with E-state index < -0.39 is 0 Å². The molecule has 24 heavy (non-hydrogen) atoms. The van der Waals surface area contributed by atoms with Gasteiger partial charge in [-0.25, -0.2) is 0 Å². The average Bonchev–Trinajstić information content (AvgIpc) is 2.64. The Balaban J connectivity index is 2.17. The normalized spacial score (nSPS) is 10.6. The maximum absolute atomic E-state index is 3.69. The molecule has 0 bridgehead atoms. The molecule has 0 amide bonds. The van der Waals surface area contributed by atoms with E-state index >= 15 is 0 Å². The van der Waals surface area contributed by atoms with E-state index in [2.05, 4.69) is 92.0 Å².